The van der Waals surface area contributed by atoms with Crippen LogP contribution in [0.2, 0.25) is 0 Å². The highest BCUT2D eigenvalue weighted by Crippen LogP contribution is 2.25. The second-order valence-corrected chi connectivity index (χ2v) is 3.72. The summed E-state index contributed by atoms with van der Waals surface area (Å²) in [6.07, 6.45) is 7.27. The number of anilines is 1. The molecule has 1 unspecified atom stereocenters. The Morgan fingerprint density at radius 1 is 1.69 bits per heavy atom. The molecule has 0 radical (unpaired) electrons. The van der Waals surface area contributed by atoms with E-state index < -0.39 is 0 Å². The fraction of sp³-hybridized carbons (Fsp3) is 0.333. The number of pyridine rings is 1. The highest BCUT2D eigenvalue weighted by molar-refractivity contribution is 5.95. The number of aliphatic hydroxyl groups excluding tert-OH is 1. The Morgan fingerprint density at radius 3 is 3.12 bits per heavy atom. The summed E-state index contributed by atoms with van der Waals surface area (Å²) in [7, 11) is 0. The number of carbonyl (C=O) groups is 1. The highest BCUT2D eigenvalue weighted by atomic mass is 16.3. The van der Waals surface area contributed by atoms with Crippen molar-refractivity contribution < 1.29 is 9.90 Å². The van der Waals surface area contributed by atoms with E-state index in [2.05, 4.69) is 10.9 Å². The first-order valence-corrected chi connectivity index (χ1v) is 5.07. The first-order valence-electron chi connectivity index (χ1n) is 5.07. The molecular weight excluding hydrogens is 204 g/mol. The number of terminal acetylenes is 1. The van der Waals surface area contributed by atoms with Crippen LogP contribution in [-0.4, -0.2) is 22.5 Å². The number of nitrogens with zero attached hydrogens (tertiary/aromatic N) is 2. The van der Waals surface area contributed by atoms with Gasteiger partial charge < -0.3 is 5.11 Å². The molecule has 4 heteroatoms. The molecule has 0 aromatic carbocycles. The third-order valence-corrected chi connectivity index (χ3v) is 2.65. The minimum absolute atomic E-state index is 0.0312. The van der Waals surface area contributed by atoms with Crippen molar-refractivity contribution in [2.45, 2.75) is 13.0 Å². The fourth-order valence-electron chi connectivity index (χ4n) is 1.82. The average Bonchev–Trinajstić information content (AvgIpc) is 2.70. The fourth-order valence-corrected chi connectivity index (χ4v) is 1.82. The molecule has 1 N–H and O–H groups in total. The van der Waals surface area contributed by atoms with Crippen LogP contribution in [0.1, 0.15) is 12.0 Å². The normalized spacial score (nSPS) is 19.9. The molecule has 1 fully saturated rings. The van der Waals surface area contributed by atoms with Gasteiger partial charge in [0.05, 0.1) is 6.61 Å². The largest absolute Gasteiger partial charge is 0.392 e. The van der Waals surface area contributed by atoms with Crippen LogP contribution in [0.4, 0.5) is 5.82 Å². The first kappa shape index (κ1) is 10.7. The zero-order valence-electron chi connectivity index (χ0n) is 8.76. The topological polar surface area (TPSA) is 53.4 Å². The molecule has 0 spiro atoms. The summed E-state index contributed by atoms with van der Waals surface area (Å²) in [5.41, 5.74) is 0.647. The van der Waals surface area contributed by atoms with Crippen LogP contribution in [0.5, 0.6) is 0 Å². The van der Waals surface area contributed by atoms with Crippen molar-refractivity contribution in [2.24, 2.45) is 5.92 Å². The molecule has 2 rings (SSSR count). The van der Waals surface area contributed by atoms with Gasteiger partial charge >= 0.3 is 0 Å². The van der Waals surface area contributed by atoms with Gasteiger partial charge in [-0.25, -0.2) is 4.98 Å². The Labute approximate surface area is 93.9 Å². The smallest absolute Gasteiger partial charge is 0.229 e. The Bertz CT molecular complexity index is 451. The average molecular weight is 216 g/mol. The van der Waals surface area contributed by atoms with Crippen molar-refractivity contribution in [1.29, 1.82) is 0 Å². The van der Waals surface area contributed by atoms with E-state index in [1.54, 1.807) is 23.2 Å². The van der Waals surface area contributed by atoms with Gasteiger partial charge in [0.1, 0.15) is 5.82 Å². The summed E-state index contributed by atoms with van der Waals surface area (Å²) in [6.45, 7) is 0.354. The quantitative estimate of drug-likeness (QED) is 0.735. The lowest BCUT2D eigenvalue weighted by Crippen LogP contribution is -2.26. The Kier molecular flexibility index (Phi) is 2.88. The summed E-state index contributed by atoms with van der Waals surface area (Å²) in [4.78, 5) is 17.4. The Hall–Kier alpha value is -1.86. The first-order chi connectivity index (χ1) is 7.76. The van der Waals surface area contributed by atoms with Crippen LogP contribution < -0.4 is 4.90 Å². The minimum atomic E-state index is -0.131. The molecular formula is C12H12N2O2. The van der Waals surface area contributed by atoms with Crippen molar-refractivity contribution in [3.8, 4) is 12.3 Å². The van der Waals surface area contributed by atoms with Gasteiger partial charge in [0.2, 0.25) is 5.91 Å². The monoisotopic (exact) mass is 216 g/mol. The minimum Gasteiger partial charge on any atom is -0.392 e. The molecule has 0 bridgehead atoms. The number of aromatic nitrogens is 1. The second-order valence-electron chi connectivity index (χ2n) is 3.72. The SMILES string of the molecule is C#CC1CC(=O)N(c2ncccc2CO)C1. The third kappa shape index (κ3) is 1.77. The number of rotatable bonds is 2. The van der Waals surface area contributed by atoms with Crippen molar-refractivity contribution in [1.82, 2.24) is 4.98 Å². The van der Waals surface area contributed by atoms with E-state index in [1.807, 2.05) is 0 Å². The number of carbonyl (C=O) groups excluding carboxylic acids is 1. The molecule has 1 aliphatic rings. The molecule has 2 heterocycles. The van der Waals surface area contributed by atoms with Crippen molar-refractivity contribution in [3.05, 3.63) is 23.9 Å². The molecule has 0 aliphatic carbocycles. The Balaban J connectivity index is 2.31. The molecule has 1 saturated heterocycles. The summed E-state index contributed by atoms with van der Waals surface area (Å²) >= 11 is 0. The van der Waals surface area contributed by atoms with Crippen molar-refractivity contribution in [3.63, 3.8) is 0 Å². The predicted octanol–water partition coefficient (Wildman–Crippen LogP) is 0.560. The summed E-state index contributed by atoms with van der Waals surface area (Å²) in [5, 5.41) is 9.17. The van der Waals surface area contributed by atoms with Gasteiger partial charge in [0.15, 0.2) is 0 Å². The lowest BCUT2D eigenvalue weighted by molar-refractivity contribution is -0.117. The highest BCUT2D eigenvalue weighted by Gasteiger charge is 2.31. The van der Waals surface area contributed by atoms with Crippen LogP contribution in [-0.2, 0) is 11.4 Å². The van der Waals surface area contributed by atoms with E-state index in [-0.39, 0.29) is 18.4 Å². The van der Waals surface area contributed by atoms with Gasteiger partial charge in [0, 0.05) is 30.6 Å². The zero-order chi connectivity index (χ0) is 11.5. The van der Waals surface area contributed by atoms with Gasteiger partial charge in [-0.15, -0.1) is 12.3 Å². The Morgan fingerprint density at radius 2 is 2.50 bits per heavy atom. The summed E-state index contributed by atoms with van der Waals surface area (Å²) in [5.74, 6) is 3.01. The predicted molar refractivity (Wildman–Crippen MR) is 59.5 cm³/mol. The van der Waals surface area contributed by atoms with Crippen molar-refractivity contribution in [2.75, 3.05) is 11.4 Å². The maximum atomic E-state index is 11.7. The van der Waals surface area contributed by atoms with Crippen LogP contribution in [0.25, 0.3) is 0 Å². The van der Waals surface area contributed by atoms with E-state index in [9.17, 15) is 4.79 Å². The molecule has 1 aromatic rings. The van der Waals surface area contributed by atoms with Gasteiger partial charge in [0.25, 0.3) is 0 Å². The van der Waals surface area contributed by atoms with Crippen molar-refractivity contribution >= 4 is 11.7 Å². The third-order valence-electron chi connectivity index (χ3n) is 2.65. The van der Waals surface area contributed by atoms with E-state index in [0.717, 1.165) is 0 Å². The molecule has 1 aromatic heterocycles. The standard InChI is InChI=1S/C12H12N2O2/c1-2-9-6-11(16)14(7-9)12-10(8-15)4-3-5-13-12/h1,3-5,9,15H,6-8H2. The van der Waals surface area contributed by atoms with E-state index in [0.29, 0.717) is 24.3 Å². The van der Waals surface area contributed by atoms with Gasteiger partial charge in [-0.3, -0.25) is 9.69 Å². The molecule has 0 saturated carbocycles. The number of aliphatic hydroxyl groups is 1. The number of hydrogen-bond donors (Lipinski definition) is 1. The number of hydrogen-bond acceptors (Lipinski definition) is 3. The van der Waals surface area contributed by atoms with E-state index in [4.69, 9.17) is 11.5 Å². The summed E-state index contributed by atoms with van der Waals surface area (Å²) < 4.78 is 0. The zero-order valence-corrected chi connectivity index (χ0v) is 8.76. The maximum absolute atomic E-state index is 11.7. The molecule has 1 amide bonds. The lowest BCUT2D eigenvalue weighted by Gasteiger charge is -2.17. The van der Waals surface area contributed by atoms with Crippen LogP contribution >= 0.6 is 0 Å². The molecule has 82 valence electrons. The maximum Gasteiger partial charge on any atom is 0.229 e. The summed E-state index contributed by atoms with van der Waals surface area (Å²) in [6, 6.07) is 3.48. The van der Waals surface area contributed by atoms with E-state index in [1.165, 1.54) is 0 Å². The van der Waals surface area contributed by atoms with Gasteiger partial charge in [-0.05, 0) is 6.07 Å². The lowest BCUT2D eigenvalue weighted by atomic mass is 10.1. The van der Waals surface area contributed by atoms with E-state index >= 15 is 0 Å². The van der Waals surface area contributed by atoms with Crippen LogP contribution in [0.15, 0.2) is 18.3 Å². The second kappa shape index (κ2) is 4.33. The van der Waals surface area contributed by atoms with Crippen LogP contribution in [0.3, 0.4) is 0 Å². The van der Waals surface area contributed by atoms with Gasteiger partial charge in [-0.1, -0.05) is 6.07 Å². The van der Waals surface area contributed by atoms with Crippen LogP contribution in [0, 0.1) is 18.3 Å². The molecule has 1 atom stereocenters. The molecule has 16 heavy (non-hydrogen) atoms. The molecule has 1 aliphatic heterocycles. The number of amides is 1. The van der Waals surface area contributed by atoms with Gasteiger partial charge in [-0.2, -0.15) is 0 Å². The molecule has 4 nitrogen and oxygen atoms in total.